The Hall–Kier alpha value is -1.82. The summed E-state index contributed by atoms with van der Waals surface area (Å²) in [5.74, 6) is -1.68. The predicted octanol–water partition coefficient (Wildman–Crippen LogP) is 0.927. The highest BCUT2D eigenvalue weighted by Gasteiger charge is 2.20. The second kappa shape index (κ2) is 6.94. The van der Waals surface area contributed by atoms with E-state index in [1.54, 1.807) is 44.0 Å². The van der Waals surface area contributed by atoms with E-state index in [1.807, 2.05) is 0 Å². The van der Waals surface area contributed by atoms with Gasteiger partial charge in [0.15, 0.2) is 0 Å². The molecular formula is C13H20N2O4. The second-order valence-corrected chi connectivity index (χ2v) is 4.50. The molecule has 106 valence electrons. The van der Waals surface area contributed by atoms with Crippen LogP contribution in [0.3, 0.4) is 0 Å². The fraction of sp³-hybridized carbons (Fsp3) is 0.538. The summed E-state index contributed by atoms with van der Waals surface area (Å²) in [6.45, 7) is 2.87. The molecule has 1 aromatic rings. The van der Waals surface area contributed by atoms with Crippen LogP contribution >= 0.6 is 0 Å². The molecule has 0 aliphatic rings. The molecule has 1 aromatic heterocycles. The van der Waals surface area contributed by atoms with E-state index in [2.05, 4.69) is 0 Å². The van der Waals surface area contributed by atoms with Gasteiger partial charge in [-0.15, -0.1) is 0 Å². The maximum Gasteiger partial charge on any atom is 0.308 e. The minimum Gasteiger partial charge on any atom is -0.481 e. The number of amides is 1. The molecule has 0 aromatic carbocycles. The first-order valence-corrected chi connectivity index (χ1v) is 6.09. The van der Waals surface area contributed by atoms with Gasteiger partial charge in [-0.3, -0.25) is 9.59 Å². The Balaban J connectivity index is 2.71. The van der Waals surface area contributed by atoms with E-state index in [4.69, 9.17) is 9.84 Å². The van der Waals surface area contributed by atoms with Gasteiger partial charge in [0.1, 0.15) is 5.69 Å². The lowest BCUT2D eigenvalue weighted by Crippen LogP contribution is -2.34. The van der Waals surface area contributed by atoms with Gasteiger partial charge in [0.05, 0.1) is 12.5 Å². The largest absolute Gasteiger partial charge is 0.481 e. The summed E-state index contributed by atoms with van der Waals surface area (Å²) in [6, 6.07) is 3.51. The van der Waals surface area contributed by atoms with Gasteiger partial charge in [-0.05, 0) is 12.1 Å². The summed E-state index contributed by atoms with van der Waals surface area (Å²) >= 11 is 0. The van der Waals surface area contributed by atoms with Crippen LogP contribution < -0.4 is 0 Å². The third kappa shape index (κ3) is 4.10. The Morgan fingerprint density at radius 3 is 2.79 bits per heavy atom. The average Bonchev–Trinajstić information content (AvgIpc) is 2.83. The summed E-state index contributed by atoms with van der Waals surface area (Å²) < 4.78 is 6.78. The van der Waals surface area contributed by atoms with Crippen LogP contribution in [0.1, 0.15) is 17.4 Å². The molecule has 1 unspecified atom stereocenters. The van der Waals surface area contributed by atoms with Crippen LogP contribution in [0, 0.1) is 5.92 Å². The number of hydrogen-bond acceptors (Lipinski definition) is 3. The molecule has 0 bridgehead atoms. The maximum absolute atomic E-state index is 12.2. The Bertz CT molecular complexity index is 442. The summed E-state index contributed by atoms with van der Waals surface area (Å²) in [6.07, 6.45) is 1.81. The minimum absolute atomic E-state index is 0.184. The van der Waals surface area contributed by atoms with Gasteiger partial charge >= 0.3 is 5.97 Å². The third-order valence-corrected chi connectivity index (χ3v) is 2.90. The Morgan fingerprint density at radius 2 is 2.21 bits per heavy atom. The van der Waals surface area contributed by atoms with Crippen LogP contribution in [-0.2, 0) is 16.1 Å². The van der Waals surface area contributed by atoms with Gasteiger partial charge in [0.2, 0.25) is 0 Å². The molecule has 1 amide bonds. The summed E-state index contributed by atoms with van der Waals surface area (Å²) in [5, 5.41) is 8.85. The van der Waals surface area contributed by atoms with Crippen LogP contribution in [0.5, 0.6) is 0 Å². The fourth-order valence-corrected chi connectivity index (χ4v) is 1.76. The standard InChI is InChI=1S/C13H20N2O4/c1-10(13(17)18)9-14(2)12(16)11-5-4-6-15(11)7-8-19-3/h4-6,10H,7-9H2,1-3H3,(H,17,18). The lowest BCUT2D eigenvalue weighted by molar-refractivity contribution is -0.141. The monoisotopic (exact) mass is 268 g/mol. The number of ether oxygens (including phenoxy) is 1. The van der Waals surface area contributed by atoms with Crippen molar-refractivity contribution in [3.05, 3.63) is 24.0 Å². The topological polar surface area (TPSA) is 71.8 Å². The molecule has 1 atom stereocenters. The molecule has 0 aliphatic carbocycles. The molecular weight excluding hydrogens is 248 g/mol. The lowest BCUT2D eigenvalue weighted by atomic mass is 10.1. The SMILES string of the molecule is COCCn1cccc1C(=O)N(C)CC(C)C(=O)O. The maximum atomic E-state index is 12.2. The fourth-order valence-electron chi connectivity index (χ4n) is 1.76. The van der Waals surface area contributed by atoms with Crippen molar-refractivity contribution in [2.45, 2.75) is 13.5 Å². The first-order chi connectivity index (χ1) is 8.97. The number of nitrogens with zero attached hydrogens (tertiary/aromatic N) is 2. The van der Waals surface area contributed by atoms with Gasteiger partial charge in [-0.25, -0.2) is 0 Å². The van der Waals surface area contributed by atoms with Crippen molar-refractivity contribution in [3.63, 3.8) is 0 Å². The van der Waals surface area contributed by atoms with Gasteiger partial charge in [0.25, 0.3) is 5.91 Å². The van der Waals surface area contributed by atoms with Crippen LogP contribution in [-0.4, -0.2) is 53.8 Å². The molecule has 6 nitrogen and oxygen atoms in total. The highest BCUT2D eigenvalue weighted by molar-refractivity contribution is 5.92. The average molecular weight is 268 g/mol. The normalized spacial score (nSPS) is 12.2. The zero-order valence-electron chi connectivity index (χ0n) is 11.5. The molecule has 0 saturated carbocycles. The summed E-state index contributed by atoms with van der Waals surface area (Å²) in [7, 11) is 3.21. The highest BCUT2D eigenvalue weighted by atomic mass is 16.5. The van der Waals surface area contributed by atoms with E-state index in [0.29, 0.717) is 18.8 Å². The number of aliphatic carboxylic acids is 1. The van der Waals surface area contributed by atoms with E-state index in [9.17, 15) is 9.59 Å². The van der Waals surface area contributed by atoms with Crippen molar-refractivity contribution in [2.24, 2.45) is 5.92 Å². The number of methoxy groups -OCH3 is 1. The summed E-state index contributed by atoms with van der Waals surface area (Å²) in [4.78, 5) is 24.4. The molecule has 1 heterocycles. The number of carbonyl (C=O) groups excluding carboxylic acids is 1. The minimum atomic E-state index is -0.908. The van der Waals surface area contributed by atoms with Crippen molar-refractivity contribution in [3.8, 4) is 0 Å². The Kier molecular flexibility index (Phi) is 5.57. The third-order valence-electron chi connectivity index (χ3n) is 2.90. The smallest absolute Gasteiger partial charge is 0.308 e. The molecule has 0 radical (unpaired) electrons. The predicted molar refractivity (Wildman–Crippen MR) is 70.1 cm³/mol. The quantitative estimate of drug-likeness (QED) is 0.798. The zero-order chi connectivity index (χ0) is 14.4. The summed E-state index contributed by atoms with van der Waals surface area (Å²) in [5.41, 5.74) is 0.539. The molecule has 1 rings (SSSR count). The van der Waals surface area contributed by atoms with Crippen molar-refractivity contribution in [2.75, 3.05) is 27.3 Å². The zero-order valence-corrected chi connectivity index (χ0v) is 11.5. The molecule has 6 heteroatoms. The van der Waals surface area contributed by atoms with E-state index in [1.165, 1.54) is 4.90 Å². The van der Waals surface area contributed by atoms with Gasteiger partial charge in [-0.2, -0.15) is 0 Å². The van der Waals surface area contributed by atoms with Crippen molar-refractivity contribution >= 4 is 11.9 Å². The van der Waals surface area contributed by atoms with Crippen LogP contribution in [0.4, 0.5) is 0 Å². The molecule has 0 spiro atoms. The highest BCUT2D eigenvalue weighted by Crippen LogP contribution is 2.08. The number of carboxylic acids is 1. The van der Waals surface area contributed by atoms with Gasteiger partial charge in [-0.1, -0.05) is 6.92 Å². The number of hydrogen-bond donors (Lipinski definition) is 1. The molecule has 19 heavy (non-hydrogen) atoms. The number of carboxylic acid groups (broad SMARTS) is 1. The van der Waals surface area contributed by atoms with Crippen LogP contribution in [0.2, 0.25) is 0 Å². The first-order valence-electron chi connectivity index (χ1n) is 6.09. The van der Waals surface area contributed by atoms with Gasteiger partial charge < -0.3 is 19.3 Å². The van der Waals surface area contributed by atoms with E-state index < -0.39 is 11.9 Å². The molecule has 1 N–H and O–H groups in total. The van der Waals surface area contributed by atoms with E-state index in [-0.39, 0.29) is 12.5 Å². The Labute approximate surface area is 112 Å². The molecule has 0 aliphatic heterocycles. The lowest BCUT2D eigenvalue weighted by Gasteiger charge is -2.20. The van der Waals surface area contributed by atoms with Crippen LogP contribution in [0.25, 0.3) is 0 Å². The van der Waals surface area contributed by atoms with E-state index in [0.717, 1.165) is 0 Å². The number of rotatable bonds is 7. The molecule has 0 fully saturated rings. The Morgan fingerprint density at radius 1 is 1.53 bits per heavy atom. The van der Waals surface area contributed by atoms with E-state index >= 15 is 0 Å². The van der Waals surface area contributed by atoms with Crippen molar-refractivity contribution in [1.29, 1.82) is 0 Å². The first kappa shape index (κ1) is 15.2. The van der Waals surface area contributed by atoms with Crippen LogP contribution in [0.15, 0.2) is 18.3 Å². The van der Waals surface area contributed by atoms with Crippen molar-refractivity contribution in [1.82, 2.24) is 9.47 Å². The molecule has 0 saturated heterocycles. The van der Waals surface area contributed by atoms with Gasteiger partial charge in [0, 0.05) is 33.4 Å². The van der Waals surface area contributed by atoms with Crippen molar-refractivity contribution < 1.29 is 19.4 Å². The number of aromatic nitrogens is 1. The second-order valence-electron chi connectivity index (χ2n) is 4.50. The number of carbonyl (C=O) groups is 2.